The molecular weight excluding hydrogens is 326 g/mol. The molecule has 126 valence electrons. The Bertz CT molecular complexity index is 726. The number of carbonyl (C=O) groups is 2. The molecule has 2 aromatic carbocycles. The average molecular weight is 346 g/mol. The summed E-state index contributed by atoms with van der Waals surface area (Å²) in [6, 6.07) is 12.2. The molecule has 2 rings (SSSR count). The number of aliphatic hydroxyl groups is 1. The number of carbonyl (C=O) groups excluding carboxylic acids is 2. The summed E-state index contributed by atoms with van der Waals surface area (Å²) in [5, 5.41) is 12.6. The summed E-state index contributed by atoms with van der Waals surface area (Å²) < 4.78 is 0. The number of hydrogen-bond donors (Lipinski definition) is 2. The van der Waals surface area contributed by atoms with Crippen molar-refractivity contribution < 1.29 is 14.7 Å². The SMILES string of the molecule is Cc1ccc(CO)cc1NC(=O)CCCC(=O)c1ccc(Cl)cc1. The van der Waals surface area contributed by atoms with Crippen molar-refractivity contribution in [2.75, 3.05) is 5.32 Å². The van der Waals surface area contributed by atoms with Crippen LogP contribution in [0.2, 0.25) is 5.02 Å². The zero-order valence-electron chi connectivity index (χ0n) is 13.5. The van der Waals surface area contributed by atoms with E-state index in [1.54, 1.807) is 30.3 Å². The molecule has 0 radical (unpaired) electrons. The zero-order valence-corrected chi connectivity index (χ0v) is 14.3. The number of Topliss-reactive ketones (excluding diaryl/α,β-unsaturated/α-hetero) is 1. The fraction of sp³-hybridized carbons (Fsp3) is 0.263. The Kier molecular flexibility index (Phi) is 6.53. The summed E-state index contributed by atoms with van der Waals surface area (Å²) in [4.78, 5) is 24.1. The first-order valence-electron chi connectivity index (χ1n) is 7.78. The lowest BCUT2D eigenvalue weighted by Gasteiger charge is -2.10. The maximum absolute atomic E-state index is 12.0. The lowest BCUT2D eigenvalue weighted by molar-refractivity contribution is -0.116. The second-order valence-electron chi connectivity index (χ2n) is 5.64. The highest BCUT2D eigenvalue weighted by molar-refractivity contribution is 6.30. The Morgan fingerprint density at radius 2 is 1.79 bits per heavy atom. The minimum atomic E-state index is -0.142. The van der Waals surface area contributed by atoms with Crippen molar-refractivity contribution in [3.05, 3.63) is 64.2 Å². The number of hydrogen-bond acceptors (Lipinski definition) is 3. The van der Waals surface area contributed by atoms with Crippen LogP contribution in [0.3, 0.4) is 0 Å². The normalized spacial score (nSPS) is 10.5. The van der Waals surface area contributed by atoms with Gasteiger partial charge in [-0.2, -0.15) is 0 Å². The second-order valence-corrected chi connectivity index (χ2v) is 6.08. The van der Waals surface area contributed by atoms with E-state index >= 15 is 0 Å². The van der Waals surface area contributed by atoms with Gasteiger partial charge in [-0.3, -0.25) is 9.59 Å². The van der Waals surface area contributed by atoms with Gasteiger partial charge in [0.25, 0.3) is 0 Å². The van der Waals surface area contributed by atoms with Gasteiger partial charge in [-0.25, -0.2) is 0 Å². The highest BCUT2D eigenvalue weighted by Gasteiger charge is 2.09. The third kappa shape index (κ3) is 5.18. The van der Waals surface area contributed by atoms with E-state index in [1.165, 1.54) is 0 Å². The minimum Gasteiger partial charge on any atom is -0.392 e. The van der Waals surface area contributed by atoms with Crippen molar-refractivity contribution in [3.8, 4) is 0 Å². The van der Waals surface area contributed by atoms with Crippen LogP contribution < -0.4 is 5.32 Å². The predicted octanol–water partition coefficient (Wildman–Crippen LogP) is 4.13. The van der Waals surface area contributed by atoms with Crippen LogP contribution in [0.15, 0.2) is 42.5 Å². The Hall–Kier alpha value is -2.17. The molecule has 0 saturated carbocycles. The number of rotatable bonds is 7. The molecule has 2 aromatic rings. The Morgan fingerprint density at radius 1 is 1.08 bits per heavy atom. The van der Waals surface area contributed by atoms with Gasteiger partial charge in [0.05, 0.1) is 6.61 Å². The molecule has 0 aliphatic carbocycles. The number of ketones is 1. The van der Waals surface area contributed by atoms with Crippen LogP contribution in [-0.4, -0.2) is 16.8 Å². The zero-order chi connectivity index (χ0) is 17.5. The molecule has 0 bridgehead atoms. The summed E-state index contributed by atoms with van der Waals surface area (Å²) in [5.41, 5.74) is 2.97. The van der Waals surface area contributed by atoms with E-state index in [4.69, 9.17) is 16.7 Å². The lowest BCUT2D eigenvalue weighted by Crippen LogP contribution is -2.13. The largest absolute Gasteiger partial charge is 0.392 e. The summed E-state index contributed by atoms with van der Waals surface area (Å²) in [6.07, 6.45) is 1.05. The molecule has 0 atom stereocenters. The molecule has 1 amide bonds. The van der Waals surface area contributed by atoms with Crippen LogP contribution in [0.25, 0.3) is 0 Å². The average Bonchev–Trinajstić information content (AvgIpc) is 2.57. The first-order valence-corrected chi connectivity index (χ1v) is 8.16. The molecule has 2 N–H and O–H groups in total. The van der Waals surface area contributed by atoms with Crippen molar-refractivity contribution in [3.63, 3.8) is 0 Å². The lowest BCUT2D eigenvalue weighted by atomic mass is 10.1. The van der Waals surface area contributed by atoms with Crippen LogP contribution in [0.4, 0.5) is 5.69 Å². The van der Waals surface area contributed by atoms with Gasteiger partial charge in [0.1, 0.15) is 0 Å². The number of aryl methyl sites for hydroxylation is 1. The van der Waals surface area contributed by atoms with E-state index in [-0.39, 0.29) is 24.7 Å². The van der Waals surface area contributed by atoms with Crippen molar-refractivity contribution in [2.24, 2.45) is 0 Å². The standard InChI is InChI=1S/C19H20ClNO3/c1-13-5-6-14(12-22)11-17(13)21-19(24)4-2-3-18(23)15-7-9-16(20)10-8-15/h5-11,22H,2-4,12H2,1H3,(H,21,24). The predicted molar refractivity (Wildman–Crippen MR) is 95.4 cm³/mol. The molecule has 0 aliphatic heterocycles. The third-order valence-electron chi connectivity index (χ3n) is 3.73. The van der Waals surface area contributed by atoms with Crippen molar-refractivity contribution >= 4 is 29.0 Å². The molecule has 0 saturated heterocycles. The quantitative estimate of drug-likeness (QED) is 0.741. The molecule has 0 spiro atoms. The third-order valence-corrected chi connectivity index (χ3v) is 3.98. The van der Waals surface area contributed by atoms with E-state index in [0.29, 0.717) is 29.1 Å². The number of nitrogens with one attached hydrogen (secondary N) is 1. The van der Waals surface area contributed by atoms with Gasteiger partial charge in [-0.1, -0.05) is 23.7 Å². The fourth-order valence-corrected chi connectivity index (χ4v) is 2.43. The number of aliphatic hydroxyl groups excluding tert-OH is 1. The van der Waals surface area contributed by atoms with Crippen molar-refractivity contribution in [2.45, 2.75) is 32.8 Å². The Morgan fingerprint density at radius 3 is 2.46 bits per heavy atom. The summed E-state index contributed by atoms with van der Waals surface area (Å²) in [7, 11) is 0. The Labute approximate surface area is 146 Å². The highest BCUT2D eigenvalue weighted by Crippen LogP contribution is 2.18. The van der Waals surface area contributed by atoms with Gasteiger partial charge >= 0.3 is 0 Å². The molecule has 0 unspecified atom stereocenters. The number of anilines is 1. The molecule has 4 nitrogen and oxygen atoms in total. The van der Waals surface area contributed by atoms with Crippen LogP contribution in [-0.2, 0) is 11.4 Å². The summed E-state index contributed by atoms with van der Waals surface area (Å²) in [6.45, 7) is 1.82. The van der Waals surface area contributed by atoms with Gasteiger partial charge < -0.3 is 10.4 Å². The van der Waals surface area contributed by atoms with Gasteiger partial charge in [0.15, 0.2) is 5.78 Å². The van der Waals surface area contributed by atoms with Crippen molar-refractivity contribution in [1.82, 2.24) is 0 Å². The number of halogens is 1. The molecule has 0 aliphatic rings. The fourth-order valence-electron chi connectivity index (χ4n) is 2.30. The number of amides is 1. The first-order chi connectivity index (χ1) is 11.5. The van der Waals surface area contributed by atoms with Crippen LogP contribution in [0.1, 0.15) is 40.7 Å². The Balaban J connectivity index is 1.83. The van der Waals surface area contributed by atoms with Crippen molar-refractivity contribution in [1.29, 1.82) is 0 Å². The van der Waals surface area contributed by atoms with Crippen LogP contribution in [0, 0.1) is 6.92 Å². The molecular formula is C19H20ClNO3. The van der Waals surface area contributed by atoms with Gasteiger partial charge in [0.2, 0.25) is 5.91 Å². The first kappa shape index (κ1) is 18.2. The molecule has 0 aromatic heterocycles. The molecule has 0 fully saturated rings. The number of benzene rings is 2. The van der Waals surface area contributed by atoms with Gasteiger partial charge in [-0.15, -0.1) is 0 Å². The molecule has 0 heterocycles. The maximum Gasteiger partial charge on any atom is 0.224 e. The van der Waals surface area contributed by atoms with E-state index in [2.05, 4.69) is 5.32 Å². The molecule has 5 heteroatoms. The minimum absolute atomic E-state index is 0.00192. The van der Waals surface area contributed by atoms with Gasteiger partial charge in [0, 0.05) is 29.1 Å². The van der Waals surface area contributed by atoms with Gasteiger partial charge in [-0.05, 0) is 54.8 Å². The maximum atomic E-state index is 12.0. The topological polar surface area (TPSA) is 66.4 Å². The van der Waals surface area contributed by atoms with Crippen LogP contribution >= 0.6 is 11.6 Å². The molecule has 24 heavy (non-hydrogen) atoms. The van der Waals surface area contributed by atoms with E-state index in [1.807, 2.05) is 19.1 Å². The monoisotopic (exact) mass is 345 g/mol. The smallest absolute Gasteiger partial charge is 0.224 e. The van der Waals surface area contributed by atoms with E-state index in [0.717, 1.165) is 11.1 Å². The summed E-state index contributed by atoms with van der Waals surface area (Å²) >= 11 is 5.79. The van der Waals surface area contributed by atoms with Crippen LogP contribution in [0.5, 0.6) is 0 Å². The second kappa shape index (κ2) is 8.62. The van der Waals surface area contributed by atoms with E-state index in [9.17, 15) is 9.59 Å². The summed E-state index contributed by atoms with van der Waals surface area (Å²) in [5.74, 6) is -0.143. The van der Waals surface area contributed by atoms with E-state index < -0.39 is 0 Å². The highest BCUT2D eigenvalue weighted by atomic mass is 35.5.